The van der Waals surface area contributed by atoms with Crippen molar-refractivity contribution >= 4 is 35.0 Å². The molecular weight excluding hydrogens is 440 g/mol. The minimum absolute atomic E-state index is 0.0775. The number of nitrogens with zero attached hydrogens (tertiary/aromatic N) is 4. The van der Waals surface area contributed by atoms with Gasteiger partial charge in [0.25, 0.3) is 5.56 Å². The van der Waals surface area contributed by atoms with Crippen LogP contribution in [0.25, 0.3) is 11.4 Å². The highest BCUT2D eigenvalue weighted by atomic mass is 35.5. The fourth-order valence-electron chi connectivity index (χ4n) is 3.10. The van der Waals surface area contributed by atoms with Gasteiger partial charge >= 0.3 is 5.69 Å². The lowest BCUT2D eigenvalue weighted by atomic mass is 10.2. The van der Waals surface area contributed by atoms with Crippen LogP contribution in [0.4, 0.5) is 5.82 Å². The number of hydrogen-bond donors (Lipinski definition) is 2. The lowest BCUT2D eigenvalue weighted by Gasteiger charge is -2.13. The second-order valence-electron chi connectivity index (χ2n) is 7.29. The summed E-state index contributed by atoms with van der Waals surface area (Å²) in [5.74, 6) is 0.0766. The van der Waals surface area contributed by atoms with E-state index in [1.165, 1.54) is 4.57 Å². The number of hydrogen-bond acceptors (Lipinski definition) is 7. The van der Waals surface area contributed by atoms with Gasteiger partial charge in [-0.05, 0) is 37.1 Å². The Morgan fingerprint density at radius 1 is 1.19 bits per heavy atom. The second-order valence-corrected chi connectivity index (χ2v) is 8.67. The molecule has 2 heterocycles. The van der Waals surface area contributed by atoms with E-state index in [0.717, 1.165) is 17.3 Å². The summed E-state index contributed by atoms with van der Waals surface area (Å²) in [6, 6.07) is 7.22. The first-order valence-corrected chi connectivity index (χ1v) is 11.1. The SMILES string of the molecule is CCn1c(SCC(=O)c2c(N)n(CC(C)C)c(=O)[nH]c2=O)nnc1-c1ccc(Cl)cc1. The Bertz CT molecular complexity index is 1210. The number of carbonyl (C=O) groups excluding carboxylic acids is 1. The number of rotatable bonds is 8. The van der Waals surface area contributed by atoms with Crippen LogP contribution in [0, 0.1) is 5.92 Å². The van der Waals surface area contributed by atoms with E-state index in [1.807, 2.05) is 37.5 Å². The van der Waals surface area contributed by atoms with E-state index in [1.54, 1.807) is 12.1 Å². The standard InChI is InChI=1S/C20H23ClN6O3S/c1-4-26-17(12-5-7-13(21)8-6-12)24-25-20(26)31-10-14(28)15-16(22)27(9-11(2)3)19(30)23-18(15)29/h5-8,11H,4,9-10,22H2,1-3H3,(H,23,29,30). The molecule has 0 saturated carbocycles. The molecule has 0 atom stereocenters. The summed E-state index contributed by atoms with van der Waals surface area (Å²) in [4.78, 5) is 39.3. The molecule has 0 fully saturated rings. The minimum Gasteiger partial charge on any atom is -0.384 e. The number of carbonyl (C=O) groups is 1. The van der Waals surface area contributed by atoms with Gasteiger partial charge in [-0.15, -0.1) is 10.2 Å². The van der Waals surface area contributed by atoms with Crippen molar-refractivity contribution in [2.45, 2.75) is 39.0 Å². The number of aromatic nitrogens is 5. The molecule has 0 radical (unpaired) electrons. The molecule has 0 unspecified atom stereocenters. The molecule has 0 aliphatic rings. The number of thioether (sulfide) groups is 1. The molecule has 3 N–H and O–H groups in total. The summed E-state index contributed by atoms with van der Waals surface area (Å²) in [6.45, 7) is 6.64. The molecule has 0 aliphatic carbocycles. The molecule has 11 heteroatoms. The van der Waals surface area contributed by atoms with Crippen LogP contribution in [-0.4, -0.2) is 35.9 Å². The molecule has 0 amide bonds. The van der Waals surface area contributed by atoms with Crippen LogP contribution in [0.2, 0.25) is 5.02 Å². The number of ketones is 1. The molecule has 0 aliphatic heterocycles. The fraction of sp³-hybridized carbons (Fsp3) is 0.350. The van der Waals surface area contributed by atoms with Crippen LogP contribution in [-0.2, 0) is 13.1 Å². The van der Waals surface area contributed by atoms with Crippen molar-refractivity contribution in [1.29, 1.82) is 0 Å². The number of Topliss-reactive ketones (excluding diaryl/α,β-unsaturated/α-hetero) is 1. The lowest BCUT2D eigenvalue weighted by molar-refractivity contribution is 0.102. The first-order chi connectivity index (χ1) is 14.7. The van der Waals surface area contributed by atoms with Gasteiger partial charge in [-0.2, -0.15) is 0 Å². The number of halogens is 1. The summed E-state index contributed by atoms with van der Waals surface area (Å²) >= 11 is 7.10. The first-order valence-electron chi connectivity index (χ1n) is 9.70. The average Bonchev–Trinajstić information content (AvgIpc) is 3.12. The van der Waals surface area contributed by atoms with Gasteiger partial charge in [-0.3, -0.25) is 19.1 Å². The van der Waals surface area contributed by atoms with Crippen LogP contribution >= 0.6 is 23.4 Å². The number of anilines is 1. The predicted molar refractivity (Wildman–Crippen MR) is 122 cm³/mol. The van der Waals surface area contributed by atoms with Gasteiger partial charge in [0.1, 0.15) is 11.4 Å². The van der Waals surface area contributed by atoms with Crippen molar-refractivity contribution in [2.24, 2.45) is 5.92 Å². The van der Waals surface area contributed by atoms with E-state index in [4.69, 9.17) is 17.3 Å². The second kappa shape index (κ2) is 9.52. The quantitative estimate of drug-likeness (QED) is 0.389. The zero-order valence-corrected chi connectivity index (χ0v) is 19.0. The van der Waals surface area contributed by atoms with Crippen molar-refractivity contribution in [3.8, 4) is 11.4 Å². The molecular formula is C20H23ClN6O3S. The molecule has 3 aromatic rings. The number of aromatic amines is 1. The van der Waals surface area contributed by atoms with E-state index in [0.29, 0.717) is 29.1 Å². The van der Waals surface area contributed by atoms with Crippen molar-refractivity contribution in [3.05, 3.63) is 55.7 Å². The van der Waals surface area contributed by atoms with Crippen molar-refractivity contribution in [1.82, 2.24) is 24.3 Å². The Labute approximate surface area is 187 Å². The molecule has 31 heavy (non-hydrogen) atoms. The largest absolute Gasteiger partial charge is 0.384 e. The molecule has 0 saturated heterocycles. The average molecular weight is 463 g/mol. The van der Waals surface area contributed by atoms with Gasteiger partial charge in [-0.1, -0.05) is 37.2 Å². The third kappa shape index (κ3) is 4.91. The van der Waals surface area contributed by atoms with E-state index in [9.17, 15) is 14.4 Å². The monoisotopic (exact) mass is 462 g/mol. The molecule has 0 spiro atoms. The van der Waals surface area contributed by atoms with Crippen molar-refractivity contribution in [2.75, 3.05) is 11.5 Å². The fourth-order valence-corrected chi connectivity index (χ4v) is 4.10. The molecule has 2 aromatic heterocycles. The van der Waals surface area contributed by atoms with Crippen molar-refractivity contribution < 1.29 is 4.79 Å². The van der Waals surface area contributed by atoms with Crippen molar-refractivity contribution in [3.63, 3.8) is 0 Å². The zero-order chi connectivity index (χ0) is 22.7. The normalized spacial score (nSPS) is 11.3. The summed E-state index contributed by atoms with van der Waals surface area (Å²) in [5.41, 5.74) is 5.24. The van der Waals surface area contributed by atoms with Gasteiger partial charge in [-0.25, -0.2) is 4.79 Å². The third-order valence-electron chi connectivity index (χ3n) is 4.53. The smallest absolute Gasteiger partial charge is 0.329 e. The third-order valence-corrected chi connectivity index (χ3v) is 5.75. The highest BCUT2D eigenvalue weighted by molar-refractivity contribution is 7.99. The van der Waals surface area contributed by atoms with Gasteiger partial charge in [0.2, 0.25) is 0 Å². The minimum atomic E-state index is -0.785. The number of nitrogen functional groups attached to an aromatic ring is 1. The van der Waals surface area contributed by atoms with Gasteiger partial charge in [0.05, 0.1) is 5.75 Å². The Morgan fingerprint density at radius 3 is 2.48 bits per heavy atom. The van der Waals surface area contributed by atoms with E-state index < -0.39 is 17.0 Å². The molecule has 9 nitrogen and oxygen atoms in total. The molecule has 0 bridgehead atoms. The maximum absolute atomic E-state index is 12.8. The Hall–Kier alpha value is -2.85. The Kier molecular flexibility index (Phi) is 7.01. The van der Waals surface area contributed by atoms with Crippen LogP contribution in [0.15, 0.2) is 39.0 Å². The van der Waals surface area contributed by atoms with Crippen LogP contribution in [0.5, 0.6) is 0 Å². The maximum Gasteiger partial charge on any atom is 0.329 e. The summed E-state index contributed by atoms with van der Waals surface area (Å²) in [6.07, 6.45) is 0. The summed E-state index contributed by atoms with van der Waals surface area (Å²) in [5, 5.41) is 9.57. The first kappa shape index (κ1) is 22.8. The number of nitrogens with two attached hydrogens (primary N) is 1. The number of benzene rings is 1. The lowest BCUT2D eigenvalue weighted by Crippen LogP contribution is -2.37. The number of nitrogens with one attached hydrogen (secondary N) is 1. The van der Waals surface area contributed by atoms with Crippen LogP contribution in [0.3, 0.4) is 0 Å². The van der Waals surface area contributed by atoms with Gasteiger partial charge < -0.3 is 10.3 Å². The maximum atomic E-state index is 12.8. The van der Waals surface area contributed by atoms with Gasteiger partial charge in [0.15, 0.2) is 16.8 Å². The zero-order valence-electron chi connectivity index (χ0n) is 17.4. The highest BCUT2D eigenvalue weighted by Gasteiger charge is 2.21. The van der Waals surface area contributed by atoms with Crippen LogP contribution < -0.4 is 17.0 Å². The molecule has 3 rings (SSSR count). The Morgan fingerprint density at radius 2 is 1.87 bits per heavy atom. The predicted octanol–water partition coefficient (Wildman–Crippen LogP) is 2.68. The summed E-state index contributed by atoms with van der Waals surface area (Å²) in [7, 11) is 0. The van der Waals surface area contributed by atoms with E-state index >= 15 is 0 Å². The Balaban J connectivity index is 1.86. The topological polar surface area (TPSA) is 129 Å². The highest BCUT2D eigenvalue weighted by Crippen LogP contribution is 2.25. The van der Waals surface area contributed by atoms with E-state index in [-0.39, 0.29) is 23.1 Å². The summed E-state index contributed by atoms with van der Waals surface area (Å²) < 4.78 is 3.09. The molecule has 164 valence electrons. The number of H-pyrrole nitrogens is 1. The van der Waals surface area contributed by atoms with Gasteiger partial charge in [0, 0.05) is 23.7 Å². The molecule has 1 aromatic carbocycles. The van der Waals surface area contributed by atoms with E-state index in [2.05, 4.69) is 15.2 Å². The van der Waals surface area contributed by atoms with Crippen LogP contribution in [0.1, 0.15) is 31.1 Å².